The van der Waals surface area contributed by atoms with Gasteiger partial charge in [0, 0.05) is 25.3 Å². The lowest BCUT2D eigenvalue weighted by molar-refractivity contribution is -0.138. The first-order valence-corrected chi connectivity index (χ1v) is 10.7. The van der Waals surface area contributed by atoms with Crippen LogP contribution < -0.4 is 9.80 Å². The van der Waals surface area contributed by atoms with E-state index < -0.39 is 23.6 Å². The van der Waals surface area contributed by atoms with Crippen molar-refractivity contribution in [3.05, 3.63) is 23.3 Å². The minimum atomic E-state index is -0.895. The van der Waals surface area contributed by atoms with Gasteiger partial charge in [-0.25, -0.2) is 4.79 Å². The summed E-state index contributed by atoms with van der Waals surface area (Å²) in [5, 5.41) is 9.65. The first-order chi connectivity index (χ1) is 13.6. The Morgan fingerprint density at radius 2 is 1.83 bits per heavy atom. The largest absolute Gasteiger partial charge is 0.481 e. The maximum Gasteiger partial charge on any atom is 0.414 e. The third kappa shape index (κ3) is 5.43. The van der Waals surface area contributed by atoms with E-state index in [1.54, 1.807) is 11.8 Å². The van der Waals surface area contributed by atoms with E-state index in [9.17, 15) is 14.7 Å². The number of rotatable bonds is 7. The van der Waals surface area contributed by atoms with Gasteiger partial charge in [0.15, 0.2) is 0 Å². The normalized spacial score (nSPS) is 14.9. The van der Waals surface area contributed by atoms with Gasteiger partial charge in [-0.05, 0) is 70.6 Å². The van der Waals surface area contributed by atoms with Crippen LogP contribution in [-0.2, 0) is 16.0 Å². The summed E-state index contributed by atoms with van der Waals surface area (Å²) >= 11 is 0. The van der Waals surface area contributed by atoms with Gasteiger partial charge in [-0.15, -0.1) is 0 Å². The molecule has 1 aliphatic heterocycles. The van der Waals surface area contributed by atoms with Gasteiger partial charge in [0.25, 0.3) is 0 Å². The molecular formula is C23H36N2O4. The van der Waals surface area contributed by atoms with Crippen molar-refractivity contribution in [3.63, 3.8) is 0 Å². The van der Waals surface area contributed by atoms with E-state index in [0.29, 0.717) is 12.1 Å². The van der Waals surface area contributed by atoms with Crippen LogP contribution in [0.5, 0.6) is 0 Å². The molecule has 0 radical (unpaired) electrons. The molecular weight excluding hydrogens is 368 g/mol. The zero-order chi connectivity index (χ0) is 21.8. The molecule has 29 heavy (non-hydrogen) atoms. The Balaban J connectivity index is 2.63. The minimum Gasteiger partial charge on any atom is -0.481 e. The number of carbonyl (C=O) groups excluding carboxylic acids is 1. The Bertz CT molecular complexity index is 733. The number of anilines is 2. The van der Waals surface area contributed by atoms with Gasteiger partial charge in [-0.1, -0.05) is 19.9 Å². The summed E-state index contributed by atoms with van der Waals surface area (Å²) in [6.07, 6.45) is 3.30. The van der Waals surface area contributed by atoms with Crippen LogP contribution in [0.15, 0.2) is 12.1 Å². The topological polar surface area (TPSA) is 70.1 Å². The molecule has 1 atom stereocenters. The molecule has 2 rings (SSSR count). The van der Waals surface area contributed by atoms with Crippen molar-refractivity contribution in [2.45, 2.75) is 78.7 Å². The maximum atomic E-state index is 13.0. The van der Waals surface area contributed by atoms with Crippen LogP contribution in [0.4, 0.5) is 16.2 Å². The number of hydrogen-bond donors (Lipinski definition) is 1. The lowest BCUT2D eigenvalue weighted by Crippen LogP contribution is -2.41. The van der Waals surface area contributed by atoms with Crippen molar-refractivity contribution in [2.75, 3.05) is 29.4 Å². The second kappa shape index (κ2) is 9.51. The first kappa shape index (κ1) is 23.0. The van der Waals surface area contributed by atoms with Gasteiger partial charge in [0.1, 0.15) is 5.60 Å². The molecule has 0 aliphatic carbocycles. The summed E-state index contributed by atoms with van der Waals surface area (Å²) in [5.41, 5.74) is 2.97. The molecule has 0 fully saturated rings. The number of hydrogen-bond acceptors (Lipinski definition) is 4. The highest BCUT2D eigenvalue weighted by atomic mass is 16.6. The summed E-state index contributed by atoms with van der Waals surface area (Å²) in [6, 6.07) is 3.92. The Labute approximate surface area is 174 Å². The third-order valence-electron chi connectivity index (χ3n) is 5.15. The van der Waals surface area contributed by atoms with Crippen molar-refractivity contribution < 1.29 is 19.4 Å². The molecule has 1 aromatic rings. The molecule has 1 unspecified atom stereocenters. The highest BCUT2D eigenvalue weighted by Gasteiger charge is 2.33. The summed E-state index contributed by atoms with van der Waals surface area (Å²) < 4.78 is 5.65. The van der Waals surface area contributed by atoms with Gasteiger partial charge < -0.3 is 14.7 Å². The molecule has 1 amide bonds. The second-order valence-electron chi connectivity index (χ2n) is 8.78. The van der Waals surface area contributed by atoms with Crippen LogP contribution in [0.3, 0.4) is 0 Å². The van der Waals surface area contributed by atoms with Gasteiger partial charge in [0.2, 0.25) is 0 Å². The van der Waals surface area contributed by atoms with Crippen LogP contribution in [-0.4, -0.2) is 42.4 Å². The number of carboxylic acid groups (broad SMARTS) is 1. The Morgan fingerprint density at radius 1 is 1.21 bits per heavy atom. The van der Waals surface area contributed by atoms with E-state index in [0.717, 1.165) is 55.7 Å². The number of aliphatic carboxylic acids is 1. The van der Waals surface area contributed by atoms with E-state index >= 15 is 0 Å². The number of nitrogens with zero attached hydrogens (tertiary/aromatic N) is 2. The second-order valence-corrected chi connectivity index (χ2v) is 8.78. The van der Waals surface area contributed by atoms with Crippen molar-refractivity contribution >= 4 is 23.4 Å². The van der Waals surface area contributed by atoms with Crippen LogP contribution in [0.1, 0.15) is 77.8 Å². The predicted molar refractivity (Wildman–Crippen MR) is 117 cm³/mol. The number of amides is 1. The fourth-order valence-corrected chi connectivity index (χ4v) is 3.91. The molecule has 0 saturated carbocycles. The summed E-state index contributed by atoms with van der Waals surface area (Å²) in [6.45, 7) is 13.9. The Morgan fingerprint density at radius 3 is 2.34 bits per heavy atom. The Hall–Kier alpha value is -2.24. The quantitative estimate of drug-likeness (QED) is 0.677. The molecule has 6 nitrogen and oxygen atoms in total. The number of fused-ring (bicyclic) bond motifs is 1. The highest BCUT2D eigenvalue weighted by Crippen LogP contribution is 2.41. The van der Waals surface area contributed by atoms with Crippen molar-refractivity contribution in [3.8, 4) is 0 Å². The fraction of sp³-hybridized carbons (Fsp3) is 0.652. The molecule has 0 spiro atoms. The van der Waals surface area contributed by atoms with Crippen molar-refractivity contribution in [1.82, 2.24) is 0 Å². The maximum absolute atomic E-state index is 13.0. The molecule has 0 aromatic heterocycles. The van der Waals surface area contributed by atoms with Crippen molar-refractivity contribution in [2.24, 2.45) is 0 Å². The lowest BCUT2D eigenvalue weighted by atomic mass is 9.89. The van der Waals surface area contributed by atoms with E-state index in [1.165, 1.54) is 0 Å². The molecule has 6 heteroatoms. The van der Waals surface area contributed by atoms with Crippen LogP contribution in [0, 0.1) is 0 Å². The highest BCUT2D eigenvalue weighted by molar-refractivity contribution is 5.94. The Kier molecular flexibility index (Phi) is 7.55. The van der Waals surface area contributed by atoms with Gasteiger partial charge >= 0.3 is 12.1 Å². The number of ether oxygens (including phenoxy) is 1. The predicted octanol–water partition coefficient (Wildman–Crippen LogP) is 5.19. The van der Waals surface area contributed by atoms with E-state index in [2.05, 4.69) is 18.7 Å². The van der Waals surface area contributed by atoms with Gasteiger partial charge in [-0.2, -0.15) is 0 Å². The average Bonchev–Trinajstić information content (AvgIpc) is 2.64. The van der Waals surface area contributed by atoms with Crippen LogP contribution in [0.2, 0.25) is 0 Å². The van der Waals surface area contributed by atoms with E-state index in [4.69, 9.17) is 4.74 Å². The van der Waals surface area contributed by atoms with E-state index in [-0.39, 0.29) is 0 Å². The standard InChI is InChI=1S/C23H36N2O4/c1-7-13-24(14-8-2)19-12-11-17(16(3)21(26)27)20-18(19)10-9-15-25(20)22(28)29-23(4,5)6/h11-12,16H,7-10,13-15H2,1-6H3,(H,26,27). The molecule has 0 bridgehead atoms. The SMILES string of the molecule is CCCN(CCC)c1ccc(C(C)C(=O)O)c2c1CCCN2C(=O)OC(C)(C)C. The lowest BCUT2D eigenvalue weighted by Gasteiger charge is -2.37. The molecule has 1 N–H and O–H groups in total. The summed E-state index contributed by atoms with van der Waals surface area (Å²) in [5.74, 6) is -1.60. The first-order valence-electron chi connectivity index (χ1n) is 10.7. The smallest absolute Gasteiger partial charge is 0.414 e. The fourth-order valence-electron chi connectivity index (χ4n) is 3.91. The molecule has 1 heterocycles. The van der Waals surface area contributed by atoms with Crippen LogP contribution in [0.25, 0.3) is 0 Å². The number of carbonyl (C=O) groups is 2. The van der Waals surface area contributed by atoms with Gasteiger partial charge in [-0.3, -0.25) is 9.69 Å². The summed E-state index contributed by atoms with van der Waals surface area (Å²) in [7, 11) is 0. The third-order valence-corrected chi connectivity index (χ3v) is 5.15. The molecule has 1 aliphatic rings. The summed E-state index contributed by atoms with van der Waals surface area (Å²) in [4.78, 5) is 28.8. The van der Waals surface area contributed by atoms with Gasteiger partial charge in [0.05, 0.1) is 11.6 Å². The molecule has 0 saturated heterocycles. The zero-order valence-corrected chi connectivity index (χ0v) is 18.7. The van der Waals surface area contributed by atoms with Crippen molar-refractivity contribution in [1.29, 1.82) is 0 Å². The number of benzene rings is 1. The molecule has 162 valence electrons. The monoisotopic (exact) mass is 404 g/mol. The number of carboxylic acids is 1. The average molecular weight is 405 g/mol. The zero-order valence-electron chi connectivity index (χ0n) is 18.7. The van der Waals surface area contributed by atoms with Crippen LogP contribution >= 0.6 is 0 Å². The minimum absolute atomic E-state index is 0.410. The molecule has 1 aromatic carbocycles. The van der Waals surface area contributed by atoms with E-state index in [1.807, 2.05) is 32.9 Å².